The Bertz CT molecular complexity index is 760. The zero-order valence-corrected chi connectivity index (χ0v) is 13.6. The van der Waals surface area contributed by atoms with E-state index in [1.807, 2.05) is 49.4 Å². The van der Waals surface area contributed by atoms with Crippen LogP contribution in [0.3, 0.4) is 0 Å². The molecule has 2 rings (SSSR count). The van der Waals surface area contributed by atoms with Crippen molar-refractivity contribution in [2.24, 2.45) is 0 Å². The molecule has 2 aromatic rings. The minimum absolute atomic E-state index is 0.0613. The van der Waals surface area contributed by atoms with Crippen molar-refractivity contribution in [2.45, 2.75) is 26.3 Å². The van der Waals surface area contributed by atoms with Gasteiger partial charge < -0.3 is 14.4 Å². The summed E-state index contributed by atoms with van der Waals surface area (Å²) in [4.78, 5) is 22.5. The molecular weight excluding hydrogens is 306 g/mol. The summed E-state index contributed by atoms with van der Waals surface area (Å²) in [6, 6.07) is 11.1. The molecule has 0 aliphatic heterocycles. The maximum atomic E-state index is 12.0. The van der Waals surface area contributed by atoms with Gasteiger partial charge in [0.25, 0.3) is 5.56 Å². The highest BCUT2D eigenvalue weighted by Gasteiger charge is 2.00. The van der Waals surface area contributed by atoms with Gasteiger partial charge in [-0.05, 0) is 42.7 Å². The average molecular weight is 327 g/mol. The van der Waals surface area contributed by atoms with Gasteiger partial charge in [0.2, 0.25) is 0 Å². The number of carbonyl (C=O) groups is 1. The van der Waals surface area contributed by atoms with Crippen LogP contribution in [0.2, 0.25) is 0 Å². The van der Waals surface area contributed by atoms with Gasteiger partial charge in [-0.15, -0.1) is 0 Å². The monoisotopic (exact) mass is 327 g/mol. The lowest BCUT2D eigenvalue weighted by Crippen LogP contribution is -2.19. The Labute approximate surface area is 140 Å². The first-order valence-corrected chi connectivity index (χ1v) is 7.91. The molecule has 0 atom stereocenters. The molecule has 1 heterocycles. The molecule has 0 amide bonds. The number of hydrogen-bond acceptors (Lipinski definition) is 3. The molecule has 24 heavy (non-hydrogen) atoms. The minimum atomic E-state index is -0.849. The van der Waals surface area contributed by atoms with Crippen LogP contribution in [0.5, 0.6) is 5.75 Å². The van der Waals surface area contributed by atoms with Gasteiger partial charge in [0.15, 0.2) is 0 Å². The van der Waals surface area contributed by atoms with E-state index in [1.165, 1.54) is 4.57 Å². The van der Waals surface area contributed by atoms with Crippen LogP contribution in [0.25, 0.3) is 12.2 Å². The quantitative estimate of drug-likeness (QED) is 0.808. The number of aliphatic carboxylic acids is 1. The largest absolute Gasteiger partial charge is 0.494 e. The van der Waals surface area contributed by atoms with E-state index in [2.05, 4.69) is 0 Å². The Morgan fingerprint density at radius 1 is 1.17 bits per heavy atom. The number of pyridine rings is 1. The SMILES string of the molecule is CCOc1ccc(/C=C/c2ccn(CCCC(=O)O)c(=O)c2)cc1. The van der Waals surface area contributed by atoms with E-state index < -0.39 is 5.97 Å². The number of carboxylic acid groups (broad SMARTS) is 1. The van der Waals surface area contributed by atoms with Crippen molar-refractivity contribution < 1.29 is 14.6 Å². The number of ether oxygens (including phenoxy) is 1. The summed E-state index contributed by atoms with van der Waals surface area (Å²) in [6.45, 7) is 2.99. The fraction of sp³-hybridized carbons (Fsp3) is 0.263. The van der Waals surface area contributed by atoms with Crippen molar-refractivity contribution in [3.05, 3.63) is 64.1 Å². The fourth-order valence-electron chi connectivity index (χ4n) is 2.25. The molecule has 1 aromatic heterocycles. The summed E-state index contributed by atoms with van der Waals surface area (Å²) < 4.78 is 6.92. The van der Waals surface area contributed by atoms with Gasteiger partial charge in [-0.25, -0.2) is 0 Å². The van der Waals surface area contributed by atoms with E-state index in [1.54, 1.807) is 12.3 Å². The fourth-order valence-corrected chi connectivity index (χ4v) is 2.25. The van der Waals surface area contributed by atoms with E-state index in [-0.39, 0.29) is 12.0 Å². The molecule has 5 nitrogen and oxygen atoms in total. The van der Waals surface area contributed by atoms with Crippen molar-refractivity contribution in [3.63, 3.8) is 0 Å². The first kappa shape index (κ1) is 17.5. The van der Waals surface area contributed by atoms with Crippen molar-refractivity contribution in [3.8, 4) is 5.75 Å². The molecule has 5 heteroatoms. The average Bonchev–Trinajstić information content (AvgIpc) is 2.56. The molecular formula is C19H21NO4. The Morgan fingerprint density at radius 3 is 2.50 bits per heavy atom. The third-order valence-corrected chi connectivity index (χ3v) is 3.47. The Kier molecular flexibility index (Phi) is 6.37. The molecule has 0 saturated carbocycles. The van der Waals surface area contributed by atoms with Crippen LogP contribution in [0.4, 0.5) is 0 Å². The number of carboxylic acids is 1. The van der Waals surface area contributed by atoms with E-state index >= 15 is 0 Å². The lowest BCUT2D eigenvalue weighted by molar-refractivity contribution is -0.137. The van der Waals surface area contributed by atoms with Gasteiger partial charge in [-0.1, -0.05) is 24.3 Å². The van der Waals surface area contributed by atoms with Gasteiger partial charge in [0.1, 0.15) is 5.75 Å². The van der Waals surface area contributed by atoms with Crippen molar-refractivity contribution >= 4 is 18.1 Å². The summed E-state index contributed by atoms with van der Waals surface area (Å²) >= 11 is 0. The van der Waals surface area contributed by atoms with Crippen LogP contribution < -0.4 is 10.3 Å². The van der Waals surface area contributed by atoms with Gasteiger partial charge in [0, 0.05) is 25.2 Å². The molecule has 126 valence electrons. The molecule has 0 unspecified atom stereocenters. The van der Waals surface area contributed by atoms with Crippen molar-refractivity contribution in [1.29, 1.82) is 0 Å². The second-order valence-electron chi connectivity index (χ2n) is 5.32. The Hall–Kier alpha value is -2.82. The zero-order valence-electron chi connectivity index (χ0n) is 13.6. The van der Waals surface area contributed by atoms with Crippen LogP contribution in [0.1, 0.15) is 30.9 Å². The standard InChI is InChI=1S/C19H21NO4/c1-2-24-17-9-7-15(8-10-17)5-6-16-11-13-20(18(21)14-16)12-3-4-19(22)23/h5-11,13-14H,2-4,12H2,1H3,(H,22,23)/b6-5+. The second kappa shape index (κ2) is 8.72. The van der Waals surface area contributed by atoms with E-state index in [0.29, 0.717) is 19.6 Å². The molecule has 0 aliphatic carbocycles. The van der Waals surface area contributed by atoms with Gasteiger partial charge >= 0.3 is 5.97 Å². The highest BCUT2D eigenvalue weighted by molar-refractivity contribution is 5.69. The third-order valence-electron chi connectivity index (χ3n) is 3.47. The summed E-state index contributed by atoms with van der Waals surface area (Å²) in [5, 5.41) is 8.63. The molecule has 0 radical (unpaired) electrons. The number of rotatable bonds is 8. The van der Waals surface area contributed by atoms with Crippen LogP contribution in [0.15, 0.2) is 47.4 Å². The van der Waals surface area contributed by atoms with Gasteiger partial charge in [0.05, 0.1) is 6.61 Å². The maximum absolute atomic E-state index is 12.0. The summed E-state index contributed by atoms with van der Waals surface area (Å²) in [7, 11) is 0. The van der Waals surface area contributed by atoms with Crippen LogP contribution in [-0.2, 0) is 11.3 Å². The summed E-state index contributed by atoms with van der Waals surface area (Å²) in [5.41, 5.74) is 1.70. The Balaban J connectivity index is 2.00. The van der Waals surface area contributed by atoms with Crippen LogP contribution >= 0.6 is 0 Å². The predicted molar refractivity (Wildman–Crippen MR) is 94.1 cm³/mol. The number of aryl methyl sites for hydroxylation is 1. The predicted octanol–water partition coefficient (Wildman–Crippen LogP) is 3.28. The molecule has 1 aromatic carbocycles. The first-order chi connectivity index (χ1) is 11.6. The summed E-state index contributed by atoms with van der Waals surface area (Å²) in [5.74, 6) is -0.0171. The molecule has 0 bridgehead atoms. The normalized spacial score (nSPS) is 10.9. The van der Waals surface area contributed by atoms with Crippen molar-refractivity contribution in [2.75, 3.05) is 6.61 Å². The number of benzene rings is 1. The number of hydrogen-bond donors (Lipinski definition) is 1. The zero-order chi connectivity index (χ0) is 17.4. The van der Waals surface area contributed by atoms with Gasteiger partial charge in [-0.3, -0.25) is 9.59 Å². The van der Waals surface area contributed by atoms with Gasteiger partial charge in [-0.2, -0.15) is 0 Å². The number of aromatic nitrogens is 1. The molecule has 0 fully saturated rings. The van der Waals surface area contributed by atoms with Crippen molar-refractivity contribution in [1.82, 2.24) is 4.57 Å². The Morgan fingerprint density at radius 2 is 1.88 bits per heavy atom. The van der Waals surface area contributed by atoms with Crippen LogP contribution in [0, 0.1) is 0 Å². The van der Waals surface area contributed by atoms with Crippen LogP contribution in [-0.4, -0.2) is 22.2 Å². The summed E-state index contributed by atoms with van der Waals surface area (Å²) in [6.07, 6.45) is 6.00. The number of nitrogens with zero attached hydrogens (tertiary/aromatic N) is 1. The topological polar surface area (TPSA) is 68.5 Å². The van der Waals surface area contributed by atoms with E-state index in [4.69, 9.17) is 9.84 Å². The molecule has 0 saturated heterocycles. The van der Waals surface area contributed by atoms with E-state index in [9.17, 15) is 9.59 Å². The first-order valence-electron chi connectivity index (χ1n) is 7.91. The molecule has 1 N–H and O–H groups in total. The second-order valence-corrected chi connectivity index (χ2v) is 5.32. The highest BCUT2D eigenvalue weighted by Crippen LogP contribution is 2.14. The lowest BCUT2D eigenvalue weighted by atomic mass is 10.1. The molecule has 0 aliphatic rings. The highest BCUT2D eigenvalue weighted by atomic mass is 16.5. The maximum Gasteiger partial charge on any atom is 0.303 e. The smallest absolute Gasteiger partial charge is 0.303 e. The molecule has 0 spiro atoms. The van der Waals surface area contributed by atoms with E-state index in [0.717, 1.165) is 16.9 Å². The lowest BCUT2D eigenvalue weighted by Gasteiger charge is -2.04. The minimum Gasteiger partial charge on any atom is -0.494 e. The third kappa shape index (κ3) is 5.43.